The number of methoxy groups -OCH3 is 1. The normalized spacial score (nSPS) is 14.0. The van der Waals surface area contributed by atoms with Gasteiger partial charge in [-0.05, 0) is 37.1 Å². The third kappa shape index (κ3) is 4.47. The lowest BCUT2D eigenvalue weighted by Gasteiger charge is -2.34. The van der Waals surface area contributed by atoms with Gasteiger partial charge in [0.25, 0.3) is 17.4 Å². The van der Waals surface area contributed by atoms with Crippen molar-refractivity contribution < 1.29 is 14.3 Å². The maximum atomic E-state index is 12.8. The summed E-state index contributed by atoms with van der Waals surface area (Å²) >= 11 is 0. The monoisotopic (exact) mass is 398 g/mol. The quantitative estimate of drug-likeness (QED) is 0.763. The number of amides is 2. The summed E-state index contributed by atoms with van der Waals surface area (Å²) in [5.41, 5.74) is 1.57. The van der Waals surface area contributed by atoms with Crippen LogP contribution in [-0.2, 0) is 6.54 Å². The number of carbonyl (C=O) groups excluding carboxylic acids is 2. The Morgan fingerprint density at radius 1 is 1.03 bits per heavy atom. The molecule has 0 spiro atoms. The first-order valence-corrected chi connectivity index (χ1v) is 9.76. The Bertz CT molecular complexity index is 961. The minimum absolute atomic E-state index is 0.0787. The van der Waals surface area contributed by atoms with E-state index in [-0.39, 0.29) is 23.1 Å². The lowest BCUT2D eigenvalue weighted by atomic mass is 10.1. The van der Waals surface area contributed by atoms with Gasteiger partial charge in [-0.1, -0.05) is 13.0 Å². The highest BCUT2D eigenvalue weighted by atomic mass is 16.5. The Kier molecular flexibility index (Phi) is 6.31. The van der Waals surface area contributed by atoms with Gasteiger partial charge in [0.2, 0.25) is 0 Å². The molecule has 0 unspecified atom stereocenters. The van der Waals surface area contributed by atoms with E-state index < -0.39 is 0 Å². The van der Waals surface area contributed by atoms with Crippen molar-refractivity contribution in [2.75, 3.05) is 33.3 Å². The second-order valence-electron chi connectivity index (χ2n) is 7.05. The number of carbonyl (C=O) groups is 2. The van der Waals surface area contributed by atoms with Crippen LogP contribution < -0.4 is 10.3 Å². The molecule has 8 heteroatoms. The lowest BCUT2D eigenvalue weighted by Crippen LogP contribution is -2.51. The van der Waals surface area contributed by atoms with Gasteiger partial charge in [0, 0.05) is 44.4 Å². The second-order valence-corrected chi connectivity index (χ2v) is 7.05. The molecule has 2 amide bonds. The molecule has 0 N–H and O–H groups in total. The van der Waals surface area contributed by atoms with Crippen LogP contribution in [0.25, 0.3) is 0 Å². The Labute approximate surface area is 169 Å². The van der Waals surface area contributed by atoms with Crippen molar-refractivity contribution in [2.45, 2.75) is 26.8 Å². The average Bonchev–Trinajstić information content (AvgIpc) is 2.75. The molecule has 0 radical (unpaired) electrons. The van der Waals surface area contributed by atoms with E-state index in [4.69, 9.17) is 4.74 Å². The van der Waals surface area contributed by atoms with Crippen molar-refractivity contribution in [3.05, 3.63) is 57.5 Å². The Morgan fingerprint density at radius 3 is 2.31 bits per heavy atom. The number of benzene rings is 1. The van der Waals surface area contributed by atoms with Gasteiger partial charge < -0.3 is 14.5 Å². The molecule has 154 valence electrons. The summed E-state index contributed by atoms with van der Waals surface area (Å²) in [7, 11) is 1.58. The summed E-state index contributed by atoms with van der Waals surface area (Å²) in [6.07, 6.45) is 0.759. The minimum Gasteiger partial charge on any atom is -0.496 e. The van der Waals surface area contributed by atoms with Crippen molar-refractivity contribution in [3.8, 4) is 5.75 Å². The van der Waals surface area contributed by atoms with Crippen LogP contribution in [0.4, 0.5) is 0 Å². The van der Waals surface area contributed by atoms with Crippen molar-refractivity contribution >= 4 is 11.8 Å². The molecule has 29 heavy (non-hydrogen) atoms. The molecule has 0 atom stereocenters. The highest BCUT2D eigenvalue weighted by molar-refractivity contribution is 5.95. The number of nitrogens with zero attached hydrogens (tertiary/aromatic N) is 4. The van der Waals surface area contributed by atoms with Gasteiger partial charge in [-0.2, -0.15) is 5.10 Å². The second kappa shape index (κ2) is 8.89. The van der Waals surface area contributed by atoms with E-state index in [0.717, 1.165) is 12.0 Å². The molecule has 0 aliphatic carbocycles. The van der Waals surface area contributed by atoms with E-state index in [9.17, 15) is 14.4 Å². The van der Waals surface area contributed by atoms with Crippen LogP contribution in [0.15, 0.2) is 35.1 Å². The lowest BCUT2D eigenvalue weighted by molar-refractivity contribution is 0.0530. The average molecular weight is 398 g/mol. The fraction of sp³-hybridized carbons (Fsp3) is 0.429. The topological polar surface area (TPSA) is 84.7 Å². The molecule has 1 fully saturated rings. The Morgan fingerprint density at radius 2 is 1.69 bits per heavy atom. The maximum Gasteiger partial charge on any atom is 0.274 e. The molecular weight excluding hydrogens is 372 g/mol. The molecule has 2 aromatic rings. The molecule has 8 nitrogen and oxygen atoms in total. The fourth-order valence-corrected chi connectivity index (χ4v) is 3.35. The molecular formula is C21H26N4O4. The zero-order valence-electron chi connectivity index (χ0n) is 17.1. The molecule has 1 aromatic carbocycles. The van der Waals surface area contributed by atoms with Gasteiger partial charge in [-0.15, -0.1) is 0 Å². The van der Waals surface area contributed by atoms with E-state index in [1.165, 1.54) is 16.8 Å². The molecule has 1 aromatic heterocycles. The van der Waals surface area contributed by atoms with Gasteiger partial charge in [0.05, 0.1) is 7.11 Å². The zero-order valence-corrected chi connectivity index (χ0v) is 17.1. The van der Waals surface area contributed by atoms with Crippen LogP contribution in [0.1, 0.15) is 39.8 Å². The van der Waals surface area contributed by atoms with Crippen LogP contribution in [0, 0.1) is 6.92 Å². The molecule has 1 aliphatic heterocycles. The third-order valence-electron chi connectivity index (χ3n) is 5.03. The number of ether oxygens (including phenoxy) is 1. The number of rotatable bonds is 5. The summed E-state index contributed by atoms with van der Waals surface area (Å²) in [4.78, 5) is 40.8. The maximum absolute atomic E-state index is 12.8. The highest BCUT2D eigenvalue weighted by Crippen LogP contribution is 2.20. The van der Waals surface area contributed by atoms with Crippen LogP contribution in [-0.4, -0.2) is 64.7 Å². The first-order chi connectivity index (χ1) is 13.9. The van der Waals surface area contributed by atoms with Gasteiger partial charge >= 0.3 is 0 Å². The number of piperazine rings is 1. The minimum atomic E-state index is -0.223. The van der Waals surface area contributed by atoms with Crippen molar-refractivity contribution in [1.82, 2.24) is 19.6 Å². The smallest absolute Gasteiger partial charge is 0.274 e. The van der Waals surface area contributed by atoms with Gasteiger partial charge in [-0.3, -0.25) is 14.4 Å². The molecule has 0 bridgehead atoms. The Hall–Kier alpha value is -3.16. The third-order valence-corrected chi connectivity index (χ3v) is 5.03. The summed E-state index contributed by atoms with van der Waals surface area (Å²) in [5.74, 6) is 0.377. The molecule has 1 saturated heterocycles. The summed E-state index contributed by atoms with van der Waals surface area (Å²) in [6, 6.07) is 8.24. The summed E-state index contributed by atoms with van der Waals surface area (Å²) in [6.45, 7) is 6.06. The highest BCUT2D eigenvalue weighted by Gasteiger charge is 2.26. The zero-order chi connectivity index (χ0) is 21.0. The van der Waals surface area contributed by atoms with E-state index >= 15 is 0 Å². The van der Waals surface area contributed by atoms with Crippen LogP contribution in [0.2, 0.25) is 0 Å². The first-order valence-electron chi connectivity index (χ1n) is 9.76. The van der Waals surface area contributed by atoms with Gasteiger partial charge in [-0.25, -0.2) is 4.68 Å². The molecule has 0 saturated carbocycles. The predicted molar refractivity (Wildman–Crippen MR) is 108 cm³/mol. The standard InChI is InChI=1S/C21H26N4O4/c1-4-9-25-19(26)8-7-17(22-25)21(28)24-12-10-23(11-13-24)20(27)16-6-5-15(2)18(14-16)29-3/h5-8,14H,4,9-13H2,1-3H3. The Balaban J connectivity index is 1.66. The van der Waals surface area contributed by atoms with Crippen molar-refractivity contribution in [1.29, 1.82) is 0 Å². The van der Waals surface area contributed by atoms with Crippen molar-refractivity contribution in [3.63, 3.8) is 0 Å². The van der Waals surface area contributed by atoms with E-state index in [1.807, 2.05) is 19.9 Å². The van der Waals surface area contributed by atoms with Crippen molar-refractivity contribution in [2.24, 2.45) is 0 Å². The van der Waals surface area contributed by atoms with Crippen LogP contribution in [0.5, 0.6) is 5.75 Å². The number of hydrogen-bond donors (Lipinski definition) is 0. The molecule has 3 rings (SSSR count). The van der Waals surface area contributed by atoms with E-state index in [2.05, 4.69) is 5.10 Å². The number of aryl methyl sites for hydroxylation is 2. The van der Waals surface area contributed by atoms with E-state index in [1.54, 1.807) is 29.0 Å². The molecule has 2 heterocycles. The first kappa shape index (κ1) is 20.6. The SMILES string of the molecule is CCCn1nc(C(=O)N2CCN(C(=O)c3ccc(C)c(OC)c3)CC2)ccc1=O. The number of hydrogen-bond acceptors (Lipinski definition) is 5. The summed E-state index contributed by atoms with van der Waals surface area (Å²) in [5, 5.41) is 4.18. The predicted octanol–water partition coefficient (Wildman–Crippen LogP) is 1.57. The van der Waals surface area contributed by atoms with E-state index in [0.29, 0.717) is 44.0 Å². The molecule has 1 aliphatic rings. The van der Waals surface area contributed by atoms with Crippen LogP contribution >= 0.6 is 0 Å². The summed E-state index contributed by atoms with van der Waals surface area (Å²) < 4.78 is 6.62. The van der Waals surface area contributed by atoms with Crippen LogP contribution in [0.3, 0.4) is 0 Å². The fourth-order valence-electron chi connectivity index (χ4n) is 3.35. The van der Waals surface area contributed by atoms with Gasteiger partial charge in [0.15, 0.2) is 0 Å². The number of aromatic nitrogens is 2. The largest absolute Gasteiger partial charge is 0.496 e. The van der Waals surface area contributed by atoms with Gasteiger partial charge in [0.1, 0.15) is 11.4 Å².